The maximum Gasteiger partial charge on any atom is 0.350 e. The lowest BCUT2D eigenvalue weighted by atomic mass is 10.3. The molecule has 0 aliphatic rings. The topological polar surface area (TPSA) is 119 Å². The van der Waals surface area contributed by atoms with Crippen molar-refractivity contribution in [3.63, 3.8) is 0 Å². The molecule has 1 atom stereocenters. The second kappa shape index (κ2) is 7.08. The van der Waals surface area contributed by atoms with Gasteiger partial charge in [0.25, 0.3) is 0 Å². The predicted octanol–water partition coefficient (Wildman–Crippen LogP) is 1.23. The predicted molar refractivity (Wildman–Crippen MR) is 94.4 cm³/mol. The summed E-state index contributed by atoms with van der Waals surface area (Å²) in [5.41, 5.74) is 0.642. The van der Waals surface area contributed by atoms with Crippen molar-refractivity contribution in [2.75, 3.05) is 0 Å². The molecule has 1 unspecified atom stereocenters. The number of carboxylic acids is 1. The summed E-state index contributed by atoms with van der Waals surface area (Å²) < 4.78 is 2.65. The molecule has 3 rings (SSSR count). The summed E-state index contributed by atoms with van der Waals surface area (Å²) in [5.74, 6) is -1.30. The van der Waals surface area contributed by atoms with Gasteiger partial charge in [-0.3, -0.25) is 9.20 Å². The zero-order valence-electron chi connectivity index (χ0n) is 14.2. The van der Waals surface area contributed by atoms with E-state index in [9.17, 15) is 14.4 Å². The number of carbonyl (C=O) groups is 2. The van der Waals surface area contributed by atoms with Crippen molar-refractivity contribution in [1.29, 1.82) is 0 Å². The first kappa shape index (κ1) is 17.8. The minimum atomic E-state index is -1.03. The summed E-state index contributed by atoms with van der Waals surface area (Å²) in [4.78, 5) is 39.8. The number of pyridine rings is 1. The number of thiazole rings is 1. The Morgan fingerprint density at radius 3 is 2.81 bits per heavy atom. The summed E-state index contributed by atoms with van der Waals surface area (Å²) >= 11 is 1.04. The first-order valence-corrected chi connectivity index (χ1v) is 8.72. The highest BCUT2D eigenvalue weighted by molar-refractivity contribution is 7.13. The molecular weight excluding hydrogens is 358 g/mol. The lowest BCUT2D eigenvalue weighted by Crippen LogP contribution is -2.29. The Kier molecular flexibility index (Phi) is 4.85. The standard InChI is InChI=1S/C16H17N5O4S/c1-9-13(15(23)24)26-14(18-9)10(2)17-12(22)6-8-21-16(25)20-7-4-3-5-11(20)19-21/h3-5,7,10H,6,8H2,1-2H3,(H,17,22)(H,23,24). The van der Waals surface area contributed by atoms with Gasteiger partial charge < -0.3 is 10.4 Å². The van der Waals surface area contributed by atoms with Gasteiger partial charge in [0.1, 0.15) is 9.88 Å². The SMILES string of the molecule is Cc1nc(C(C)NC(=O)CCn2nc3ccccn3c2=O)sc1C(=O)O. The molecule has 10 heteroatoms. The van der Waals surface area contributed by atoms with E-state index in [1.807, 2.05) is 0 Å². The fourth-order valence-electron chi connectivity index (χ4n) is 2.50. The average Bonchev–Trinajstić information content (AvgIpc) is 3.14. The number of aromatic carboxylic acids is 1. The molecule has 0 saturated heterocycles. The Labute approximate surface area is 151 Å². The van der Waals surface area contributed by atoms with Crippen molar-refractivity contribution < 1.29 is 14.7 Å². The van der Waals surface area contributed by atoms with Gasteiger partial charge in [-0.1, -0.05) is 6.07 Å². The fraction of sp³-hybridized carbons (Fsp3) is 0.312. The van der Waals surface area contributed by atoms with Crippen LogP contribution < -0.4 is 11.0 Å². The number of fused-ring (bicyclic) bond motifs is 1. The Bertz CT molecular complexity index is 1030. The van der Waals surface area contributed by atoms with Gasteiger partial charge in [0.15, 0.2) is 5.65 Å². The van der Waals surface area contributed by atoms with Crippen LogP contribution in [0.1, 0.15) is 39.8 Å². The van der Waals surface area contributed by atoms with Crippen LogP contribution in [-0.2, 0) is 11.3 Å². The zero-order chi connectivity index (χ0) is 18.8. The van der Waals surface area contributed by atoms with Crippen LogP contribution in [0.3, 0.4) is 0 Å². The Balaban J connectivity index is 1.63. The van der Waals surface area contributed by atoms with Crippen molar-refractivity contribution >= 4 is 28.9 Å². The number of nitrogens with zero attached hydrogens (tertiary/aromatic N) is 4. The van der Waals surface area contributed by atoms with Gasteiger partial charge in [0, 0.05) is 12.6 Å². The molecule has 0 aliphatic carbocycles. The van der Waals surface area contributed by atoms with Crippen molar-refractivity contribution in [3.8, 4) is 0 Å². The van der Waals surface area contributed by atoms with Crippen LogP contribution >= 0.6 is 11.3 Å². The molecule has 0 aliphatic heterocycles. The summed E-state index contributed by atoms with van der Waals surface area (Å²) in [6, 6.07) is 4.81. The largest absolute Gasteiger partial charge is 0.477 e. The summed E-state index contributed by atoms with van der Waals surface area (Å²) in [6.45, 7) is 3.50. The molecule has 0 saturated carbocycles. The van der Waals surface area contributed by atoms with E-state index in [4.69, 9.17) is 5.11 Å². The van der Waals surface area contributed by atoms with Crippen LogP contribution in [0.25, 0.3) is 5.65 Å². The third-order valence-corrected chi connectivity index (χ3v) is 5.12. The van der Waals surface area contributed by atoms with Crippen LogP contribution in [0.2, 0.25) is 0 Å². The number of hydrogen-bond donors (Lipinski definition) is 2. The van der Waals surface area contributed by atoms with E-state index in [1.54, 1.807) is 38.2 Å². The average molecular weight is 375 g/mol. The van der Waals surface area contributed by atoms with Gasteiger partial charge in [-0.25, -0.2) is 19.3 Å². The van der Waals surface area contributed by atoms with Crippen LogP contribution in [0.5, 0.6) is 0 Å². The van der Waals surface area contributed by atoms with E-state index in [0.29, 0.717) is 16.3 Å². The minimum absolute atomic E-state index is 0.0737. The maximum atomic E-state index is 12.2. The number of carboxylic acid groups (broad SMARTS) is 1. The molecule has 1 amide bonds. The molecule has 3 heterocycles. The second-order valence-corrected chi connectivity index (χ2v) is 6.78. The van der Waals surface area contributed by atoms with Crippen LogP contribution in [0.4, 0.5) is 0 Å². The smallest absolute Gasteiger partial charge is 0.350 e. The van der Waals surface area contributed by atoms with Crippen molar-refractivity contribution in [1.82, 2.24) is 24.5 Å². The van der Waals surface area contributed by atoms with Gasteiger partial charge in [0.05, 0.1) is 18.3 Å². The monoisotopic (exact) mass is 375 g/mol. The van der Waals surface area contributed by atoms with Crippen molar-refractivity contribution in [3.05, 3.63) is 50.5 Å². The molecule has 0 bridgehead atoms. The number of aryl methyl sites for hydroxylation is 2. The molecule has 136 valence electrons. The molecular formula is C16H17N5O4S. The Morgan fingerprint density at radius 2 is 2.15 bits per heavy atom. The fourth-order valence-corrected chi connectivity index (χ4v) is 3.41. The molecule has 0 radical (unpaired) electrons. The highest BCUT2D eigenvalue weighted by atomic mass is 32.1. The third kappa shape index (κ3) is 3.49. The summed E-state index contributed by atoms with van der Waals surface area (Å²) in [6.07, 6.45) is 1.69. The van der Waals surface area contributed by atoms with Gasteiger partial charge in [-0.05, 0) is 26.0 Å². The number of amides is 1. The lowest BCUT2D eigenvalue weighted by molar-refractivity contribution is -0.122. The van der Waals surface area contributed by atoms with Crippen molar-refractivity contribution in [2.45, 2.75) is 32.9 Å². The molecule has 3 aromatic rings. The van der Waals surface area contributed by atoms with E-state index in [-0.39, 0.29) is 29.4 Å². The van der Waals surface area contributed by atoms with Crippen molar-refractivity contribution in [2.24, 2.45) is 0 Å². The quantitative estimate of drug-likeness (QED) is 0.669. The van der Waals surface area contributed by atoms with Crippen LogP contribution in [0.15, 0.2) is 29.2 Å². The van der Waals surface area contributed by atoms with E-state index < -0.39 is 12.0 Å². The number of hydrogen-bond acceptors (Lipinski definition) is 6. The lowest BCUT2D eigenvalue weighted by Gasteiger charge is -2.10. The zero-order valence-corrected chi connectivity index (χ0v) is 15.0. The molecule has 0 aromatic carbocycles. The van der Waals surface area contributed by atoms with Gasteiger partial charge >= 0.3 is 11.7 Å². The summed E-state index contributed by atoms with van der Waals surface area (Å²) in [7, 11) is 0. The number of aromatic nitrogens is 4. The molecule has 3 aromatic heterocycles. The number of nitrogens with one attached hydrogen (secondary N) is 1. The maximum absolute atomic E-state index is 12.2. The first-order chi connectivity index (χ1) is 12.4. The van der Waals surface area contributed by atoms with E-state index in [1.165, 1.54) is 9.08 Å². The first-order valence-electron chi connectivity index (χ1n) is 7.91. The van der Waals surface area contributed by atoms with E-state index >= 15 is 0 Å². The Hall–Kier alpha value is -3.01. The highest BCUT2D eigenvalue weighted by Crippen LogP contribution is 2.23. The third-order valence-electron chi connectivity index (χ3n) is 3.79. The molecule has 0 fully saturated rings. The number of carbonyl (C=O) groups excluding carboxylic acids is 1. The van der Waals surface area contributed by atoms with Gasteiger partial charge in [-0.15, -0.1) is 16.4 Å². The Morgan fingerprint density at radius 1 is 1.38 bits per heavy atom. The van der Waals surface area contributed by atoms with Crippen LogP contribution in [-0.4, -0.2) is 36.1 Å². The van der Waals surface area contributed by atoms with Crippen LogP contribution in [0, 0.1) is 6.92 Å². The summed E-state index contributed by atoms with van der Waals surface area (Å²) in [5, 5.41) is 16.5. The highest BCUT2D eigenvalue weighted by Gasteiger charge is 2.19. The van der Waals surface area contributed by atoms with E-state index in [2.05, 4.69) is 15.4 Å². The molecule has 0 spiro atoms. The molecule has 2 N–H and O–H groups in total. The van der Waals surface area contributed by atoms with Gasteiger partial charge in [-0.2, -0.15) is 0 Å². The number of rotatable bonds is 6. The normalized spacial score (nSPS) is 12.2. The molecule has 9 nitrogen and oxygen atoms in total. The van der Waals surface area contributed by atoms with Gasteiger partial charge in [0.2, 0.25) is 5.91 Å². The second-order valence-electron chi connectivity index (χ2n) is 5.75. The minimum Gasteiger partial charge on any atom is -0.477 e. The van der Waals surface area contributed by atoms with E-state index in [0.717, 1.165) is 11.3 Å². The molecule has 26 heavy (non-hydrogen) atoms.